The van der Waals surface area contributed by atoms with Gasteiger partial charge in [0.15, 0.2) is 0 Å². The number of likely N-dealkylation sites (N-methyl/N-ethyl adjacent to an activating group) is 1. The van der Waals surface area contributed by atoms with Crippen molar-refractivity contribution in [3.8, 4) is 5.75 Å². The third-order valence-corrected chi connectivity index (χ3v) is 2.67. The van der Waals surface area contributed by atoms with Crippen molar-refractivity contribution < 1.29 is 19.1 Å². The summed E-state index contributed by atoms with van der Waals surface area (Å²) < 4.78 is 10.2. The van der Waals surface area contributed by atoms with E-state index in [1.807, 2.05) is 6.07 Å². The molecule has 1 atom stereocenters. The second-order valence-corrected chi connectivity index (χ2v) is 4.17. The Morgan fingerprint density at radius 1 is 0.952 bits per heavy atom. The number of carbonyl (C=O) groups excluding carboxylic acids is 2. The number of nitrogens with one attached hydrogen (secondary N) is 1. The lowest BCUT2D eigenvalue weighted by Crippen LogP contribution is -2.41. The molecule has 0 aliphatic rings. The van der Waals surface area contributed by atoms with E-state index in [2.05, 4.69) is 5.32 Å². The van der Waals surface area contributed by atoms with Gasteiger partial charge in [-0.3, -0.25) is 5.32 Å². The summed E-state index contributed by atoms with van der Waals surface area (Å²) in [6.07, 6.45) is -1.17. The number of rotatable bonds is 5. The summed E-state index contributed by atoms with van der Waals surface area (Å²) in [5.41, 5.74) is 0.366. The molecule has 1 N–H and O–H groups in total. The number of carbonyl (C=O) groups is 2. The minimum absolute atomic E-state index is 0.366. The Labute approximate surface area is 122 Å². The molecule has 5 nitrogen and oxygen atoms in total. The first-order valence-electron chi connectivity index (χ1n) is 6.41. The maximum absolute atomic E-state index is 11.9. The Balaban J connectivity index is 1.99. The second-order valence-electron chi connectivity index (χ2n) is 4.17. The third kappa shape index (κ3) is 4.15. The maximum atomic E-state index is 11.9. The van der Waals surface area contributed by atoms with Crippen LogP contribution in [0.3, 0.4) is 0 Å². The number of ether oxygens (including phenoxy) is 2. The van der Waals surface area contributed by atoms with Gasteiger partial charge in [-0.1, -0.05) is 36.4 Å². The number of hydrogen-bond donors (Lipinski definition) is 1. The third-order valence-electron chi connectivity index (χ3n) is 2.67. The van der Waals surface area contributed by atoms with Gasteiger partial charge in [0.25, 0.3) is 6.23 Å². The summed E-state index contributed by atoms with van der Waals surface area (Å²) in [5.74, 6) is -0.897. The number of para-hydroxylation sites is 1. The minimum Gasteiger partial charge on any atom is -0.431 e. The first kappa shape index (κ1) is 14.7. The van der Waals surface area contributed by atoms with E-state index >= 15 is 0 Å². The highest BCUT2D eigenvalue weighted by molar-refractivity contribution is 5.91. The molecule has 2 aromatic carbocycles. The van der Waals surface area contributed by atoms with Crippen LogP contribution in [0, 0.1) is 0 Å². The van der Waals surface area contributed by atoms with Crippen LogP contribution < -0.4 is 10.1 Å². The smallest absolute Gasteiger partial charge is 0.368 e. The quantitative estimate of drug-likeness (QED) is 0.517. The van der Waals surface area contributed by atoms with Crippen molar-refractivity contribution in [1.29, 1.82) is 0 Å². The molecule has 0 saturated carbocycles. The van der Waals surface area contributed by atoms with E-state index in [9.17, 15) is 9.59 Å². The van der Waals surface area contributed by atoms with Crippen LogP contribution in [-0.2, 0) is 9.53 Å². The molecule has 21 heavy (non-hydrogen) atoms. The molecule has 2 aromatic rings. The van der Waals surface area contributed by atoms with E-state index < -0.39 is 18.2 Å². The van der Waals surface area contributed by atoms with Gasteiger partial charge in [0.05, 0.1) is 5.56 Å². The Hall–Kier alpha value is -2.66. The van der Waals surface area contributed by atoms with Gasteiger partial charge >= 0.3 is 11.9 Å². The van der Waals surface area contributed by atoms with Crippen LogP contribution in [0.5, 0.6) is 5.75 Å². The van der Waals surface area contributed by atoms with Crippen molar-refractivity contribution in [3.63, 3.8) is 0 Å². The molecule has 0 aromatic heterocycles. The highest BCUT2D eigenvalue weighted by atomic mass is 16.6. The largest absolute Gasteiger partial charge is 0.431 e. The van der Waals surface area contributed by atoms with Gasteiger partial charge in [0.2, 0.25) is 0 Å². The lowest BCUT2D eigenvalue weighted by atomic mass is 10.2. The van der Waals surface area contributed by atoms with Gasteiger partial charge in [-0.15, -0.1) is 0 Å². The molecule has 0 fully saturated rings. The predicted molar refractivity (Wildman–Crippen MR) is 76.8 cm³/mol. The summed E-state index contributed by atoms with van der Waals surface area (Å²) in [7, 11) is 1.51. The summed E-state index contributed by atoms with van der Waals surface area (Å²) >= 11 is 0. The topological polar surface area (TPSA) is 64.6 Å². The number of benzene rings is 2. The predicted octanol–water partition coefficient (Wildman–Crippen LogP) is 1.99. The van der Waals surface area contributed by atoms with Crippen molar-refractivity contribution in [3.05, 3.63) is 66.2 Å². The van der Waals surface area contributed by atoms with Gasteiger partial charge in [-0.2, -0.15) is 0 Å². The fraction of sp³-hybridized carbons (Fsp3) is 0.125. The molecule has 5 heteroatoms. The molecule has 0 radical (unpaired) electrons. The fourth-order valence-electron chi connectivity index (χ4n) is 1.63. The summed E-state index contributed by atoms with van der Waals surface area (Å²) in [6, 6.07) is 17.0. The Bertz CT molecular complexity index is 598. The van der Waals surface area contributed by atoms with Crippen molar-refractivity contribution in [2.45, 2.75) is 6.23 Å². The van der Waals surface area contributed by atoms with E-state index in [4.69, 9.17) is 9.47 Å². The van der Waals surface area contributed by atoms with Gasteiger partial charge in [-0.25, -0.2) is 9.59 Å². The number of hydrogen-bond acceptors (Lipinski definition) is 5. The van der Waals surface area contributed by atoms with Crippen LogP contribution in [0.15, 0.2) is 60.7 Å². The molecule has 0 spiro atoms. The Kier molecular flexibility index (Phi) is 5.06. The monoisotopic (exact) mass is 285 g/mol. The Morgan fingerprint density at radius 3 is 2.10 bits per heavy atom. The van der Waals surface area contributed by atoms with Gasteiger partial charge in [-0.05, 0) is 31.3 Å². The maximum Gasteiger partial charge on any atom is 0.368 e. The highest BCUT2D eigenvalue weighted by Gasteiger charge is 2.23. The molecule has 0 saturated heterocycles. The zero-order valence-corrected chi connectivity index (χ0v) is 11.5. The normalized spacial score (nSPS) is 11.5. The van der Waals surface area contributed by atoms with E-state index in [-0.39, 0.29) is 0 Å². The molecule has 2 rings (SSSR count). The molecule has 0 heterocycles. The molecule has 0 amide bonds. The van der Waals surface area contributed by atoms with Crippen LogP contribution >= 0.6 is 0 Å². The average molecular weight is 285 g/mol. The summed E-state index contributed by atoms with van der Waals surface area (Å²) in [4.78, 5) is 23.8. The van der Waals surface area contributed by atoms with E-state index in [1.54, 1.807) is 54.6 Å². The molecule has 0 aliphatic heterocycles. The summed E-state index contributed by atoms with van der Waals surface area (Å²) in [6.45, 7) is 0. The SMILES string of the molecule is CNC(OC(=O)c1ccccc1)C(=O)Oc1ccccc1. The molecule has 0 aliphatic carbocycles. The van der Waals surface area contributed by atoms with Crippen molar-refractivity contribution in [1.82, 2.24) is 5.32 Å². The van der Waals surface area contributed by atoms with E-state index in [0.717, 1.165) is 0 Å². The Morgan fingerprint density at radius 2 is 1.52 bits per heavy atom. The molecule has 108 valence electrons. The minimum atomic E-state index is -1.17. The van der Waals surface area contributed by atoms with Crippen LogP contribution in [-0.4, -0.2) is 25.2 Å². The van der Waals surface area contributed by atoms with Crippen LogP contribution in [0.25, 0.3) is 0 Å². The lowest BCUT2D eigenvalue weighted by molar-refractivity contribution is -0.145. The number of esters is 2. The van der Waals surface area contributed by atoms with Crippen molar-refractivity contribution >= 4 is 11.9 Å². The van der Waals surface area contributed by atoms with Crippen molar-refractivity contribution in [2.24, 2.45) is 0 Å². The van der Waals surface area contributed by atoms with Crippen LogP contribution in [0.2, 0.25) is 0 Å². The zero-order chi connectivity index (χ0) is 15.1. The van der Waals surface area contributed by atoms with Crippen molar-refractivity contribution in [2.75, 3.05) is 7.05 Å². The first-order chi connectivity index (χ1) is 10.2. The van der Waals surface area contributed by atoms with E-state index in [0.29, 0.717) is 11.3 Å². The summed E-state index contributed by atoms with van der Waals surface area (Å²) in [5, 5.41) is 2.61. The van der Waals surface area contributed by atoms with Crippen LogP contribution in [0.4, 0.5) is 0 Å². The molecule has 0 bridgehead atoms. The second kappa shape index (κ2) is 7.21. The lowest BCUT2D eigenvalue weighted by Gasteiger charge is -2.15. The molecule has 1 unspecified atom stereocenters. The highest BCUT2D eigenvalue weighted by Crippen LogP contribution is 2.10. The average Bonchev–Trinajstić information content (AvgIpc) is 2.54. The molecular formula is C16H15NO4. The zero-order valence-electron chi connectivity index (χ0n) is 11.5. The van der Waals surface area contributed by atoms with E-state index in [1.165, 1.54) is 7.05 Å². The fourth-order valence-corrected chi connectivity index (χ4v) is 1.63. The molecular weight excluding hydrogens is 270 g/mol. The van der Waals surface area contributed by atoms with Gasteiger partial charge in [0, 0.05) is 0 Å². The standard InChI is InChI=1S/C16H15NO4/c1-17-14(16(19)20-13-10-6-3-7-11-13)21-15(18)12-8-4-2-5-9-12/h2-11,14,17H,1H3. The van der Waals surface area contributed by atoms with Gasteiger partial charge in [0.1, 0.15) is 5.75 Å². The van der Waals surface area contributed by atoms with Gasteiger partial charge < -0.3 is 9.47 Å². The first-order valence-corrected chi connectivity index (χ1v) is 6.41. The van der Waals surface area contributed by atoms with Crippen LogP contribution in [0.1, 0.15) is 10.4 Å².